The summed E-state index contributed by atoms with van der Waals surface area (Å²) < 4.78 is 74.2. The molecule has 0 bridgehead atoms. The Morgan fingerprint density at radius 2 is 1.09 bits per heavy atom. The number of carbonyl (C=O) groups excluding carboxylic acids is 1. The Labute approximate surface area is 384 Å². The van der Waals surface area contributed by atoms with E-state index in [2.05, 4.69) is 34.6 Å². The van der Waals surface area contributed by atoms with Gasteiger partial charge in [-0.3, -0.25) is 4.79 Å². The Kier molecular flexibility index (Phi) is 16.5. The molecule has 4 aromatic carbocycles. The number of rotatable bonds is 17. The number of carbonyl (C=O) groups is 1. The molecule has 350 valence electrons. The summed E-state index contributed by atoms with van der Waals surface area (Å²) in [6.07, 6.45) is -7.40. The summed E-state index contributed by atoms with van der Waals surface area (Å²) in [5, 5.41) is 0. The molecular weight excluding hydrogens is 829 g/mol. The third-order valence-electron chi connectivity index (χ3n) is 13.5. The zero-order valence-corrected chi connectivity index (χ0v) is 38.4. The first-order valence-corrected chi connectivity index (χ1v) is 23.4. The zero-order chi connectivity index (χ0) is 45.3. The molecule has 0 radical (unpaired) electrons. The van der Waals surface area contributed by atoms with E-state index in [9.17, 15) is 4.79 Å². The average molecular weight is 895 g/mol. The Morgan fingerprint density at radius 1 is 0.554 bits per heavy atom. The molecule has 7 unspecified atom stereocenters. The van der Waals surface area contributed by atoms with Crippen molar-refractivity contribution >= 4 is 5.97 Å². The van der Waals surface area contributed by atoms with Crippen LogP contribution in [0.25, 0.3) is 0 Å². The first-order chi connectivity index (χ1) is 31.7. The molecule has 4 aromatic rings. The summed E-state index contributed by atoms with van der Waals surface area (Å²) in [5.74, 6) is -0.552. The van der Waals surface area contributed by atoms with Crippen LogP contribution in [0.2, 0.25) is 0 Å². The van der Waals surface area contributed by atoms with Crippen molar-refractivity contribution in [1.82, 2.24) is 0 Å². The molecule has 4 saturated heterocycles. The maximum absolute atomic E-state index is 12.7. The molecule has 0 saturated carbocycles. The van der Waals surface area contributed by atoms with Crippen molar-refractivity contribution in [3.8, 4) is 0 Å². The molecule has 0 spiro atoms. The van der Waals surface area contributed by atoms with Gasteiger partial charge in [0.15, 0.2) is 31.3 Å². The molecule has 12 nitrogen and oxygen atoms in total. The van der Waals surface area contributed by atoms with E-state index in [0.717, 1.165) is 28.7 Å². The molecule has 4 fully saturated rings. The fourth-order valence-electron chi connectivity index (χ4n) is 9.45. The number of hydrogen-bond donors (Lipinski definition) is 0. The predicted octanol–water partition coefficient (Wildman–Crippen LogP) is 8.95. The van der Waals surface area contributed by atoms with E-state index in [1.165, 1.54) is 6.92 Å². The van der Waals surface area contributed by atoms with Crippen molar-refractivity contribution in [3.63, 3.8) is 0 Å². The average Bonchev–Trinajstić information content (AvgIpc) is 3.33. The second-order valence-electron chi connectivity index (χ2n) is 18.0. The topological polar surface area (TPSA) is 119 Å². The van der Waals surface area contributed by atoms with Crippen molar-refractivity contribution < 1.29 is 56.9 Å². The van der Waals surface area contributed by atoms with Crippen LogP contribution in [-0.4, -0.2) is 86.9 Å². The normalized spacial score (nSPS) is 34.9. The molecule has 4 aliphatic rings. The number of benzene rings is 4. The Bertz CT molecular complexity index is 2030. The zero-order valence-electron chi connectivity index (χ0n) is 38.4. The SMILES string of the molecule is CCC1O[C@@H](OC2[C@@H]3OC(c4ccccc4)OCC3O[C@@H](O[C@@H]3C(COCc4ccccc4)O[C@@H](OCc4ccccc4)[C@@H](C)C3C)[C@@H]2OCc2ccccc2)C(OC(C)=O)[C@H](C)[C@H]1C. The van der Waals surface area contributed by atoms with Crippen LogP contribution in [0, 0.1) is 23.7 Å². The Morgan fingerprint density at radius 3 is 1.71 bits per heavy atom. The molecule has 8 rings (SSSR count). The first-order valence-electron chi connectivity index (χ1n) is 23.4. The minimum atomic E-state index is -0.999. The van der Waals surface area contributed by atoms with Gasteiger partial charge < -0.3 is 52.1 Å². The highest BCUT2D eigenvalue weighted by molar-refractivity contribution is 5.66. The van der Waals surface area contributed by atoms with E-state index in [1.807, 2.05) is 121 Å². The molecule has 65 heavy (non-hydrogen) atoms. The van der Waals surface area contributed by atoms with Crippen molar-refractivity contribution in [1.29, 1.82) is 0 Å². The van der Waals surface area contributed by atoms with Gasteiger partial charge in [-0.15, -0.1) is 0 Å². The summed E-state index contributed by atoms with van der Waals surface area (Å²) in [6.45, 7) is 13.4. The van der Waals surface area contributed by atoms with Gasteiger partial charge in [0.25, 0.3) is 0 Å². The van der Waals surface area contributed by atoms with Crippen molar-refractivity contribution in [3.05, 3.63) is 144 Å². The van der Waals surface area contributed by atoms with Crippen LogP contribution in [-0.2, 0) is 76.7 Å². The molecule has 4 aliphatic heterocycles. The second kappa shape index (κ2) is 22.6. The highest BCUT2D eigenvalue weighted by Gasteiger charge is 2.56. The van der Waals surface area contributed by atoms with Gasteiger partial charge in [0.05, 0.1) is 45.2 Å². The van der Waals surface area contributed by atoms with Gasteiger partial charge in [0, 0.05) is 24.3 Å². The lowest BCUT2D eigenvalue weighted by Crippen LogP contribution is -2.67. The van der Waals surface area contributed by atoms with Crippen LogP contribution in [0.15, 0.2) is 121 Å². The van der Waals surface area contributed by atoms with Gasteiger partial charge in [0.2, 0.25) is 0 Å². The maximum Gasteiger partial charge on any atom is 0.303 e. The van der Waals surface area contributed by atoms with E-state index < -0.39 is 73.9 Å². The van der Waals surface area contributed by atoms with Crippen LogP contribution in [0.4, 0.5) is 0 Å². The number of ether oxygens (including phenoxy) is 11. The third kappa shape index (κ3) is 11.7. The molecule has 0 aromatic heterocycles. The standard InChI is InChI=1S/C53H66O12/c1-7-42-33(2)34(3)46(59-37(6)54)52(60-42)65-48-47-44(32-58-51(64-47)41-26-18-11-19-27-41)62-53(49(48)56-29-39-22-14-9-15-23-39)63-45-35(4)36(5)50(57-30-40-24-16-10-17-25-40)61-43(45)31-55-28-38-20-12-8-13-21-38/h8-27,33-36,42-53H,7,28-32H2,1-6H3/t33-,34-,35?,36+,42?,43?,44?,45+,46?,47-,48?,49-,50-,51?,52+,53+/m1/s1. The molecule has 0 aliphatic carbocycles. The van der Waals surface area contributed by atoms with Crippen LogP contribution in [0.1, 0.15) is 76.5 Å². The van der Waals surface area contributed by atoms with Crippen LogP contribution in [0.3, 0.4) is 0 Å². The molecular formula is C53H66O12. The Balaban J connectivity index is 1.13. The fraction of sp³-hybridized carbons (Fsp3) is 0.528. The molecule has 4 heterocycles. The molecule has 0 N–H and O–H groups in total. The quantitative estimate of drug-likeness (QED) is 0.0942. The van der Waals surface area contributed by atoms with E-state index in [4.69, 9.17) is 52.1 Å². The van der Waals surface area contributed by atoms with Gasteiger partial charge in [-0.25, -0.2) is 0 Å². The third-order valence-corrected chi connectivity index (χ3v) is 13.5. The van der Waals surface area contributed by atoms with Crippen LogP contribution in [0.5, 0.6) is 0 Å². The maximum atomic E-state index is 12.7. The number of esters is 1. The van der Waals surface area contributed by atoms with Crippen LogP contribution < -0.4 is 0 Å². The highest BCUT2D eigenvalue weighted by Crippen LogP contribution is 2.43. The van der Waals surface area contributed by atoms with E-state index in [-0.39, 0.29) is 49.6 Å². The summed E-state index contributed by atoms with van der Waals surface area (Å²) in [7, 11) is 0. The number of hydrogen-bond acceptors (Lipinski definition) is 12. The van der Waals surface area contributed by atoms with E-state index >= 15 is 0 Å². The van der Waals surface area contributed by atoms with Crippen molar-refractivity contribution in [2.45, 2.75) is 142 Å². The predicted molar refractivity (Wildman–Crippen MR) is 241 cm³/mol. The molecule has 12 heteroatoms. The lowest BCUT2D eigenvalue weighted by Gasteiger charge is -2.53. The molecule has 0 amide bonds. The largest absolute Gasteiger partial charge is 0.457 e. The van der Waals surface area contributed by atoms with E-state index in [0.29, 0.717) is 13.2 Å². The number of fused-ring (bicyclic) bond motifs is 1. The smallest absolute Gasteiger partial charge is 0.303 e. The first kappa shape index (κ1) is 47.4. The second-order valence-corrected chi connectivity index (χ2v) is 18.0. The summed E-state index contributed by atoms with van der Waals surface area (Å²) in [4.78, 5) is 12.7. The van der Waals surface area contributed by atoms with Gasteiger partial charge in [-0.1, -0.05) is 156 Å². The van der Waals surface area contributed by atoms with Gasteiger partial charge in [-0.05, 0) is 34.9 Å². The minimum Gasteiger partial charge on any atom is -0.457 e. The summed E-state index contributed by atoms with van der Waals surface area (Å²) >= 11 is 0. The summed E-state index contributed by atoms with van der Waals surface area (Å²) in [6, 6.07) is 39.9. The van der Waals surface area contributed by atoms with Gasteiger partial charge in [-0.2, -0.15) is 0 Å². The van der Waals surface area contributed by atoms with Crippen molar-refractivity contribution in [2.75, 3.05) is 13.2 Å². The van der Waals surface area contributed by atoms with Gasteiger partial charge in [0.1, 0.15) is 30.5 Å². The minimum absolute atomic E-state index is 0.0722. The molecule has 16 atom stereocenters. The lowest BCUT2D eigenvalue weighted by molar-refractivity contribution is -0.405. The summed E-state index contributed by atoms with van der Waals surface area (Å²) in [5.41, 5.74) is 3.91. The van der Waals surface area contributed by atoms with Gasteiger partial charge >= 0.3 is 5.97 Å². The fourth-order valence-corrected chi connectivity index (χ4v) is 9.45. The Hall–Kier alpha value is -4.05. The monoisotopic (exact) mass is 894 g/mol. The highest BCUT2D eigenvalue weighted by atomic mass is 16.8. The van der Waals surface area contributed by atoms with E-state index in [1.54, 1.807) is 0 Å². The van der Waals surface area contributed by atoms with Crippen LogP contribution >= 0.6 is 0 Å². The van der Waals surface area contributed by atoms with Crippen molar-refractivity contribution in [2.24, 2.45) is 23.7 Å². The lowest BCUT2D eigenvalue weighted by atomic mass is 9.82.